The number of nitro groups is 1. The number of hydrogen-bond acceptors (Lipinski definition) is 7. The molecule has 1 aliphatic rings. The summed E-state index contributed by atoms with van der Waals surface area (Å²) in [7, 11) is 1.40. The van der Waals surface area contributed by atoms with Gasteiger partial charge in [0, 0.05) is 24.1 Å². The molecule has 9 heteroatoms. The molecule has 1 N–H and O–H groups in total. The van der Waals surface area contributed by atoms with E-state index < -0.39 is 10.8 Å². The van der Waals surface area contributed by atoms with Gasteiger partial charge in [-0.25, -0.2) is 0 Å². The number of carbonyl (C=O) groups is 1. The van der Waals surface area contributed by atoms with Gasteiger partial charge < -0.3 is 24.3 Å². The molecule has 1 amide bonds. The van der Waals surface area contributed by atoms with E-state index >= 15 is 0 Å². The summed E-state index contributed by atoms with van der Waals surface area (Å²) in [5.41, 5.74) is 0.813. The van der Waals surface area contributed by atoms with Crippen molar-refractivity contribution in [2.75, 3.05) is 25.6 Å². The van der Waals surface area contributed by atoms with Gasteiger partial charge in [-0.2, -0.15) is 0 Å². The molecule has 1 heterocycles. The van der Waals surface area contributed by atoms with Crippen molar-refractivity contribution in [1.82, 2.24) is 0 Å². The largest absolute Gasteiger partial charge is 0.493 e. The molecular formula is C21H24N2O7. The second-order valence-corrected chi connectivity index (χ2v) is 6.69. The van der Waals surface area contributed by atoms with Crippen molar-refractivity contribution in [3.8, 4) is 23.0 Å². The first kappa shape index (κ1) is 21.2. The fourth-order valence-corrected chi connectivity index (χ4v) is 3.31. The SMILES string of the molecule is CCOc1cc2c(cc1NC(=O)c1cc(OC)c(OCC)cc1[N+](=O)[O-])OC(C)C2. The number of nitrogens with one attached hydrogen (secondary N) is 1. The lowest BCUT2D eigenvalue weighted by Crippen LogP contribution is -2.15. The van der Waals surface area contributed by atoms with Gasteiger partial charge in [-0.15, -0.1) is 0 Å². The number of anilines is 1. The highest BCUT2D eigenvalue weighted by atomic mass is 16.6. The molecule has 0 aliphatic carbocycles. The Morgan fingerprint density at radius 3 is 2.50 bits per heavy atom. The van der Waals surface area contributed by atoms with Crippen LogP contribution in [-0.2, 0) is 6.42 Å². The summed E-state index contributed by atoms with van der Waals surface area (Å²) in [5, 5.41) is 14.3. The Balaban J connectivity index is 2.00. The maximum Gasteiger partial charge on any atom is 0.286 e. The first-order valence-electron chi connectivity index (χ1n) is 9.64. The highest BCUT2D eigenvalue weighted by molar-refractivity contribution is 6.08. The summed E-state index contributed by atoms with van der Waals surface area (Å²) in [4.78, 5) is 23.9. The zero-order valence-electron chi connectivity index (χ0n) is 17.3. The summed E-state index contributed by atoms with van der Waals surface area (Å²) in [6.45, 7) is 6.23. The molecule has 2 aromatic carbocycles. The summed E-state index contributed by atoms with van der Waals surface area (Å²) < 4.78 is 22.0. The van der Waals surface area contributed by atoms with Crippen LogP contribution < -0.4 is 24.3 Å². The Kier molecular flexibility index (Phi) is 6.29. The van der Waals surface area contributed by atoms with Gasteiger partial charge in [0.1, 0.15) is 23.2 Å². The lowest BCUT2D eigenvalue weighted by atomic mass is 10.1. The van der Waals surface area contributed by atoms with Crippen molar-refractivity contribution >= 4 is 17.3 Å². The molecule has 0 radical (unpaired) electrons. The average Bonchev–Trinajstić information content (AvgIpc) is 3.06. The van der Waals surface area contributed by atoms with Gasteiger partial charge in [0.05, 0.1) is 37.0 Å². The summed E-state index contributed by atoms with van der Waals surface area (Å²) in [6, 6.07) is 5.99. The van der Waals surface area contributed by atoms with E-state index in [0.717, 1.165) is 12.0 Å². The Morgan fingerprint density at radius 2 is 1.87 bits per heavy atom. The highest BCUT2D eigenvalue weighted by Crippen LogP contribution is 2.39. The highest BCUT2D eigenvalue weighted by Gasteiger charge is 2.27. The number of hydrogen-bond donors (Lipinski definition) is 1. The van der Waals surface area contributed by atoms with Crippen LogP contribution in [0.4, 0.5) is 11.4 Å². The topological polar surface area (TPSA) is 109 Å². The Labute approximate surface area is 174 Å². The molecule has 0 bridgehead atoms. The Morgan fingerprint density at radius 1 is 1.17 bits per heavy atom. The molecule has 1 atom stereocenters. The third-order valence-corrected chi connectivity index (χ3v) is 4.57. The molecule has 0 fully saturated rings. The third-order valence-electron chi connectivity index (χ3n) is 4.57. The van der Waals surface area contributed by atoms with Crippen LogP contribution in [-0.4, -0.2) is 37.3 Å². The van der Waals surface area contributed by atoms with E-state index in [2.05, 4.69) is 5.32 Å². The zero-order valence-corrected chi connectivity index (χ0v) is 17.3. The Hall–Kier alpha value is -3.49. The zero-order chi connectivity index (χ0) is 21.8. The number of rotatable bonds is 8. The molecule has 3 rings (SSSR count). The van der Waals surface area contributed by atoms with Crippen molar-refractivity contribution in [3.05, 3.63) is 45.5 Å². The maximum absolute atomic E-state index is 13.0. The van der Waals surface area contributed by atoms with Crippen molar-refractivity contribution in [2.24, 2.45) is 0 Å². The molecule has 1 unspecified atom stereocenters. The van der Waals surface area contributed by atoms with Crippen molar-refractivity contribution in [1.29, 1.82) is 0 Å². The lowest BCUT2D eigenvalue weighted by molar-refractivity contribution is -0.385. The second-order valence-electron chi connectivity index (χ2n) is 6.69. The normalized spacial score (nSPS) is 14.5. The fraction of sp³-hybridized carbons (Fsp3) is 0.381. The number of carbonyl (C=O) groups excluding carboxylic acids is 1. The van der Waals surface area contributed by atoms with Crippen LogP contribution in [0.1, 0.15) is 36.7 Å². The number of fused-ring (bicyclic) bond motifs is 1. The first-order valence-corrected chi connectivity index (χ1v) is 9.64. The van der Waals surface area contributed by atoms with Gasteiger partial charge in [-0.1, -0.05) is 0 Å². The number of ether oxygens (including phenoxy) is 4. The summed E-state index contributed by atoms with van der Waals surface area (Å²) >= 11 is 0. The molecule has 1 aliphatic heterocycles. The van der Waals surface area contributed by atoms with Crippen LogP contribution in [0.15, 0.2) is 24.3 Å². The van der Waals surface area contributed by atoms with E-state index in [1.54, 1.807) is 13.0 Å². The average molecular weight is 416 g/mol. The molecule has 30 heavy (non-hydrogen) atoms. The predicted octanol–water partition coefficient (Wildman–Crippen LogP) is 3.98. The minimum Gasteiger partial charge on any atom is -0.493 e. The maximum atomic E-state index is 13.0. The molecule has 9 nitrogen and oxygen atoms in total. The van der Waals surface area contributed by atoms with E-state index in [9.17, 15) is 14.9 Å². The number of nitrogens with zero attached hydrogens (tertiary/aromatic N) is 1. The second kappa shape index (κ2) is 8.89. The quantitative estimate of drug-likeness (QED) is 0.512. The molecule has 2 aromatic rings. The molecule has 0 saturated carbocycles. The number of nitro benzene ring substituents is 1. The number of amides is 1. The van der Waals surface area contributed by atoms with Gasteiger partial charge in [-0.05, 0) is 26.8 Å². The minimum atomic E-state index is -0.671. The van der Waals surface area contributed by atoms with Crippen LogP contribution >= 0.6 is 0 Å². The molecule has 0 spiro atoms. The van der Waals surface area contributed by atoms with Gasteiger partial charge in [-0.3, -0.25) is 14.9 Å². The van der Waals surface area contributed by atoms with Crippen LogP contribution in [0.2, 0.25) is 0 Å². The van der Waals surface area contributed by atoms with E-state index in [1.807, 2.05) is 19.9 Å². The van der Waals surface area contributed by atoms with Crippen LogP contribution in [0.5, 0.6) is 23.0 Å². The lowest BCUT2D eigenvalue weighted by Gasteiger charge is -2.15. The van der Waals surface area contributed by atoms with Gasteiger partial charge in [0.2, 0.25) is 0 Å². The van der Waals surface area contributed by atoms with Crippen molar-refractivity contribution < 1.29 is 28.7 Å². The van der Waals surface area contributed by atoms with Gasteiger partial charge >= 0.3 is 0 Å². The van der Waals surface area contributed by atoms with Crippen LogP contribution in [0.3, 0.4) is 0 Å². The smallest absolute Gasteiger partial charge is 0.286 e. The Bertz CT molecular complexity index is 974. The van der Waals surface area contributed by atoms with E-state index in [0.29, 0.717) is 30.4 Å². The third kappa shape index (κ3) is 4.24. The summed E-state index contributed by atoms with van der Waals surface area (Å²) in [6.07, 6.45) is 0.766. The van der Waals surface area contributed by atoms with Crippen molar-refractivity contribution in [3.63, 3.8) is 0 Å². The van der Waals surface area contributed by atoms with Crippen LogP contribution in [0.25, 0.3) is 0 Å². The molecule has 0 saturated heterocycles. The van der Waals surface area contributed by atoms with Gasteiger partial charge in [0.25, 0.3) is 11.6 Å². The predicted molar refractivity (Wildman–Crippen MR) is 110 cm³/mol. The summed E-state index contributed by atoms with van der Waals surface area (Å²) in [5.74, 6) is 0.875. The molecule has 0 aromatic heterocycles. The first-order chi connectivity index (χ1) is 14.4. The van der Waals surface area contributed by atoms with Crippen molar-refractivity contribution in [2.45, 2.75) is 33.3 Å². The standard InChI is InChI=1S/C21H24N2O7/c1-5-28-18-8-13-7-12(3)30-17(13)10-15(18)22-21(24)14-9-19(27-4)20(29-6-2)11-16(14)23(25)26/h8-12H,5-7H2,1-4H3,(H,22,24). The minimum absolute atomic E-state index is 0.0249. The van der Waals surface area contributed by atoms with E-state index in [1.165, 1.54) is 19.2 Å². The number of benzene rings is 2. The number of methoxy groups -OCH3 is 1. The monoisotopic (exact) mass is 416 g/mol. The van der Waals surface area contributed by atoms with E-state index in [-0.39, 0.29) is 28.9 Å². The molecular weight excluding hydrogens is 392 g/mol. The van der Waals surface area contributed by atoms with Crippen LogP contribution in [0, 0.1) is 10.1 Å². The van der Waals surface area contributed by atoms with E-state index in [4.69, 9.17) is 18.9 Å². The molecule has 160 valence electrons. The van der Waals surface area contributed by atoms with Gasteiger partial charge in [0.15, 0.2) is 11.5 Å². The fourth-order valence-electron chi connectivity index (χ4n) is 3.31.